The van der Waals surface area contributed by atoms with Crippen molar-refractivity contribution in [3.63, 3.8) is 0 Å². The summed E-state index contributed by atoms with van der Waals surface area (Å²) in [6.07, 6.45) is 1.62. The highest BCUT2D eigenvalue weighted by molar-refractivity contribution is 9.10. The molecule has 2 aromatic carbocycles. The molecule has 1 aliphatic heterocycles. The van der Waals surface area contributed by atoms with E-state index in [2.05, 4.69) is 15.9 Å². The normalized spacial score (nSPS) is 16.6. The summed E-state index contributed by atoms with van der Waals surface area (Å²) in [5.74, 6) is -1.16. The molecule has 0 aromatic heterocycles. The number of carbonyl (C=O) groups is 2. The van der Waals surface area contributed by atoms with Crippen molar-refractivity contribution in [1.82, 2.24) is 9.80 Å². The van der Waals surface area contributed by atoms with Gasteiger partial charge in [-0.05, 0) is 48.7 Å². The Hall–Kier alpha value is -2.28. The Balaban J connectivity index is 1.60. The highest BCUT2D eigenvalue weighted by atomic mass is 79.9. The van der Waals surface area contributed by atoms with Gasteiger partial charge in [-0.15, -0.1) is 0 Å². The highest BCUT2D eigenvalue weighted by Crippen LogP contribution is 2.22. The maximum Gasteiger partial charge on any atom is 0.227 e. The van der Waals surface area contributed by atoms with E-state index in [4.69, 9.17) is 0 Å². The molecule has 29 heavy (non-hydrogen) atoms. The van der Waals surface area contributed by atoms with Gasteiger partial charge < -0.3 is 9.80 Å². The van der Waals surface area contributed by atoms with E-state index >= 15 is 0 Å². The summed E-state index contributed by atoms with van der Waals surface area (Å²) in [7, 11) is 1.65. The molecule has 1 saturated heterocycles. The summed E-state index contributed by atoms with van der Waals surface area (Å²) in [6.45, 7) is 1.13. The van der Waals surface area contributed by atoms with E-state index in [1.165, 1.54) is 23.1 Å². The molecule has 7 heteroatoms. The first-order valence-corrected chi connectivity index (χ1v) is 10.3. The van der Waals surface area contributed by atoms with Gasteiger partial charge in [0, 0.05) is 36.7 Å². The lowest BCUT2D eigenvalue weighted by Gasteiger charge is -2.34. The van der Waals surface area contributed by atoms with Crippen LogP contribution in [0, 0.1) is 17.6 Å². The van der Waals surface area contributed by atoms with Gasteiger partial charge in [0.05, 0.1) is 12.3 Å². The van der Waals surface area contributed by atoms with Gasteiger partial charge in [0.25, 0.3) is 0 Å². The van der Waals surface area contributed by atoms with Gasteiger partial charge in [0.2, 0.25) is 11.8 Å². The van der Waals surface area contributed by atoms with Crippen LogP contribution in [0.1, 0.15) is 24.0 Å². The molecule has 0 aliphatic carbocycles. The predicted molar refractivity (Wildman–Crippen MR) is 110 cm³/mol. The fourth-order valence-corrected chi connectivity index (χ4v) is 4.01. The zero-order valence-electron chi connectivity index (χ0n) is 16.2. The average molecular weight is 465 g/mol. The van der Waals surface area contributed by atoms with Crippen molar-refractivity contribution >= 4 is 27.7 Å². The van der Waals surface area contributed by atoms with Crippen molar-refractivity contribution in [2.45, 2.75) is 25.8 Å². The largest absolute Gasteiger partial charge is 0.342 e. The Bertz CT molecular complexity index is 889. The minimum Gasteiger partial charge on any atom is -0.342 e. The summed E-state index contributed by atoms with van der Waals surface area (Å²) in [4.78, 5) is 28.7. The van der Waals surface area contributed by atoms with Crippen molar-refractivity contribution in [3.8, 4) is 0 Å². The molecular weight excluding hydrogens is 442 g/mol. The quantitative estimate of drug-likeness (QED) is 0.666. The Kier molecular flexibility index (Phi) is 7.00. The van der Waals surface area contributed by atoms with E-state index in [-0.39, 0.29) is 42.3 Å². The second-order valence-corrected chi connectivity index (χ2v) is 8.33. The lowest BCUT2D eigenvalue weighted by molar-refractivity contribution is -0.140. The molecule has 0 spiro atoms. The first-order valence-electron chi connectivity index (χ1n) is 9.54. The lowest BCUT2D eigenvalue weighted by atomic mass is 9.95. The van der Waals surface area contributed by atoms with Gasteiger partial charge in [-0.3, -0.25) is 9.59 Å². The average Bonchev–Trinajstić information content (AvgIpc) is 2.72. The van der Waals surface area contributed by atoms with E-state index < -0.39 is 0 Å². The Labute approximate surface area is 177 Å². The number of carbonyl (C=O) groups excluding carboxylic acids is 2. The molecule has 1 atom stereocenters. The van der Waals surface area contributed by atoms with Crippen LogP contribution in [-0.4, -0.2) is 41.8 Å². The third-order valence-electron chi connectivity index (χ3n) is 5.18. The molecule has 4 nitrogen and oxygen atoms in total. The molecule has 2 amide bonds. The number of halogens is 3. The number of piperidine rings is 1. The summed E-state index contributed by atoms with van der Waals surface area (Å²) in [5, 5.41) is 0. The minimum atomic E-state index is -0.354. The van der Waals surface area contributed by atoms with Gasteiger partial charge >= 0.3 is 0 Å². The monoisotopic (exact) mass is 464 g/mol. The maximum atomic E-state index is 14.0. The summed E-state index contributed by atoms with van der Waals surface area (Å²) >= 11 is 3.32. The van der Waals surface area contributed by atoms with Gasteiger partial charge in [0.15, 0.2) is 0 Å². The summed E-state index contributed by atoms with van der Waals surface area (Å²) in [5.41, 5.74) is 1.18. The molecule has 0 saturated carbocycles. The Morgan fingerprint density at radius 3 is 2.62 bits per heavy atom. The van der Waals surface area contributed by atoms with E-state index in [9.17, 15) is 18.4 Å². The van der Waals surface area contributed by atoms with Gasteiger partial charge in [-0.25, -0.2) is 8.78 Å². The van der Waals surface area contributed by atoms with Gasteiger partial charge in [-0.1, -0.05) is 28.1 Å². The third kappa shape index (κ3) is 5.63. The van der Waals surface area contributed by atoms with Crippen LogP contribution >= 0.6 is 15.9 Å². The maximum absolute atomic E-state index is 14.0. The first kappa shape index (κ1) is 21.4. The topological polar surface area (TPSA) is 40.6 Å². The summed E-state index contributed by atoms with van der Waals surface area (Å²) < 4.78 is 27.8. The lowest BCUT2D eigenvalue weighted by Crippen LogP contribution is -2.46. The van der Waals surface area contributed by atoms with Crippen molar-refractivity contribution in [3.05, 3.63) is 69.7 Å². The van der Waals surface area contributed by atoms with Crippen molar-refractivity contribution in [2.24, 2.45) is 5.92 Å². The van der Waals surface area contributed by atoms with E-state index in [1.54, 1.807) is 36.2 Å². The fraction of sp³-hybridized carbons (Fsp3) is 0.364. The zero-order chi connectivity index (χ0) is 21.0. The van der Waals surface area contributed by atoms with Crippen LogP contribution in [0.25, 0.3) is 0 Å². The standard InChI is InChI=1S/C22H23BrF2N2O2/c1-26(13-17-12-18(23)6-9-20(17)25)22(29)16-3-2-10-27(14-16)21(28)11-15-4-7-19(24)8-5-15/h4-9,12,16H,2-3,10-11,13-14H2,1H3. The molecule has 154 valence electrons. The number of benzene rings is 2. The van der Waals surface area contributed by atoms with E-state index in [0.717, 1.165) is 16.5 Å². The second kappa shape index (κ2) is 9.48. The molecule has 1 aliphatic rings. The molecule has 0 N–H and O–H groups in total. The number of hydrogen-bond acceptors (Lipinski definition) is 2. The van der Waals surface area contributed by atoms with Gasteiger partial charge in [0.1, 0.15) is 11.6 Å². The number of amides is 2. The molecule has 3 rings (SSSR count). The van der Waals surface area contributed by atoms with Crippen LogP contribution < -0.4 is 0 Å². The molecule has 0 radical (unpaired) electrons. The van der Waals surface area contributed by atoms with Crippen LogP contribution in [0.15, 0.2) is 46.9 Å². The van der Waals surface area contributed by atoms with Crippen LogP contribution in [0.3, 0.4) is 0 Å². The highest BCUT2D eigenvalue weighted by Gasteiger charge is 2.30. The molecule has 1 heterocycles. The smallest absolute Gasteiger partial charge is 0.227 e. The van der Waals surface area contributed by atoms with E-state index in [1.807, 2.05) is 0 Å². The fourth-order valence-electron chi connectivity index (χ4n) is 3.60. The molecule has 1 fully saturated rings. The van der Waals surface area contributed by atoms with Crippen molar-refractivity contribution in [1.29, 1.82) is 0 Å². The third-order valence-corrected chi connectivity index (χ3v) is 5.68. The number of likely N-dealkylation sites (tertiary alicyclic amines) is 1. The van der Waals surface area contributed by atoms with Crippen molar-refractivity contribution in [2.75, 3.05) is 20.1 Å². The summed E-state index contributed by atoms with van der Waals surface area (Å²) in [6, 6.07) is 10.5. The van der Waals surface area contributed by atoms with Gasteiger partial charge in [-0.2, -0.15) is 0 Å². The number of rotatable bonds is 5. The zero-order valence-corrected chi connectivity index (χ0v) is 17.8. The molecule has 1 unspecified atom stereocenters. The predicted octanol–water partition coefficient (Wildman–Crippen LogP) is 4.17. The number of nitrogens with zero attached hydrogens (tertiary/aromatic N) is 2. The van der Waals surface area contributed by atoms with Crippen molar-refractivity contribution < 1.29 is 18.4 Å². The number of hydrogen-bond donors (Lipinski definition) is 0. The van der Waals surface area contributed by atoms with E-state index in [0.29, 0.717) is 25.1 Å². The molecule has 2 aromatic rings. The van der Waals surface area contributed by atoms with Crippen LogP contribution in [0.5, 0.6) is 0 Å². The molecular formula is C22H23BrF2N2O2. The SMILES string of the molecule is CN(Cc1cc(Br)ccc1F)C(=O)C1CCCN(C(=O)Cc2ccc(F)cc2)C1. The van der Waals surface area contributed by atoms with Crippen LogP contribution in [0.4, 0.5) is 8.78 Å². The second-order valence-electron chi connectivity index (χ2n) is 7.41. The Morgan fingerprint density at radius 2 is 1.90 bits per heavy atom. The van der Waals surface area contributed by atoms with Crippen LogP contribution in [0.2, 0.25) is 0 Å². The Morgan fingerprint density at radius 1 is 1.17 bits per heavy atom. The minimum absolute atomic E-state index is 0.0743. The first-order chi connectivity index (χ1) is 13.8. The molecule has 0 bridgehead atoms. The van der Waals surface area contributed by atoms with Crippen LogP contribution in [-0.2, 0) is 22.6 Å².